The minimum atomic E-state index is -0.880. The molecule has 1 saturated heterocycles. The van der Waals surface area contributed by atoms with Crippen molar-refractivity contribution in [3.63, 3.8) is 0 Å². The van der Waals surface area contributed by atoms with Crippen LogP contribution in [0.4, 0.5) is 0 Å². The van der Waals surface area contributed by atoms with E-state index in [1.165, 1.54) is 12.1 Å². The molecule has 0 radical (unpaired) electrons. The monoisotopic (exact) mass is 668 g/mol. The molecule has 3 atom stereocenters. The van der Waals surface area contributed by atoms with E-state index >= 15 is 0 Å². The number of rotatable bonds is 7. The van der Waals surface area contributed by atoms with Crippen molar-refractivity contribution in [3.05, 3.63) is 75.4 Å². The summed E-state index contributed by atoms with van der Waals surface area (Å²) in [4.78, 5) is 13.8. The first kappa shape index (κ1) is 33.8. The van der Waals surface area contributed by atoms with Crippen LogP contribution in [0.3, 0.4) is 0 Å². The molecule has 0 bridgehead atoms. The van der Waals surface area contributed by atoms with Crippen molar-refractivity contribution in [1.82, 2.24) is 0 Å². The minimum absolute atomic E-state index is 0.0280. The maximum Gasteiger partial charge on any atom is 0.238 e. The molecule has 11 heteroatoms. The summed E-state index contributed by atoms with van der Waals surface area (Å²) in [5.41, 5.74) is 1.42. The molecule has 1 aliphatic rings. The summed E-state index contributed by atoms with van der Waals surface area (Å²) in [7, 11) is 3.24. The predicted molar refractivity (Wildman–Crippen MR) is 182 cm³/mol. The van der Waals surface area contributed by atoms with Gasteiger partial charge in [-0.15, -0.1) is 0 Å². The Morgan fingerprint density at radius 3 is 2.46 bits per heavy atom. The number of phenols is 3. The fourth-order valence-corrected chi connectivity index (χ4v) is 8.00. The normalized spacial score (nSPS) is 19.6. The van der Waals surface area contributed by atoms with Crippen molar-refractivity contribution in [2.24, 2.45) is 5.92 Å². The van der Waals surface area contributed by atoms with Gasteiger partial charge in [-0.1, -0.05) is 47.6 Å². The Hall–Kier alpha value is -3.51. The fraction of sp³-hybridized carbons (Fsp3) is 0.400. The quantitative estimate of drug-likeness (QED) is 0.119. The topological polar surface area (TPSA) is 161 Å². The van der Waals surface area contributed by atoms with Crippen LogP contribution in [0.1, 0.15) is 56.2 Å². The number of hydrogen-bond acceptors (Lipinski definition) is 11. The summed E-state index contributed by atoms with van der Waals surface area (Å²) in [5, 5.41) is 64.3. The zero-order valence-electron chi connectivity index (χ0n) is 25.8. The first-order chi connectivity index (χ1) is 22.0. The zero-order valence-corrected chi connectivity index (χ0v) is 27.4. The lowest BCUT2D eigenvalue weighted by atomic mass is 9.93. The second kappa shape index (κ2) is 14.9. The van der Waals surface area contributed by atoms with Crippen LogP contribution >= 0.6 is 21.6 Å². The first-order valence-electron chi connectivity index (χ1n) is 15.4. The first-order valence-corrected chi connectivity index (χ1v) is 17.9. The number of phenolic OH excluding ortho intramolecular Hbond substituents is 3. The Labute approximate surface area is 275 Å². The third kappa shape index (κ3) is 8.06. The van der Waals surface area contributed by atoms with E-state index < -0.39 is 29.5 Å². The third-order valence-corrected chi connectivity index (χ3v) is 10.5. The molecule has 5 rings (SSSR count). The smallest absolute Gasteiger partial charge is 0.238 e. The Bertz CT molecular complexity index is 1740. The summed E-state index contributed by atoms with van der Waals surface area (Å²) in [6.45, 7) is 4.02. The molecule has 9 nitrogen and oxygen atoms in total. The highest BCUT2D eigenvalue weighted by Gasteiger charge is 2.27. The number of ether oxygens (including phenoxy) is 1. The lowest BCUT2D eigenvalue weighted by molar-refractivity contribution is 0.0190. The summed E-state index contributed by atoms with van der Waals surface area (Å²) < 4.78 is 12.3. The van der Waals surface area contributed by atoms with Crippen molar-refractivity contribution in [2.45, 2.75) is 70.7 Å². The van der Waals surface area contributed by atoms with Gasteiger partial charge < -0.3 is 39.8 Å². The molecule has 1 fully saturated rings. The second-order valence-corrected chi connectivity index (χ2v) is 14.8. The number of aliphatic hydroxyl groups excluding tert-OH is 2. The van der Waals surface area contributed by atoms with Gasteiger partial charge in [-0.25, -0.2) is 0 Å². The van der Waals surface area contributed by atoms with Crippen molar-refractivity contribution in [1.29, 1.82) is 0 Å². The summed E-state index contributed by atoms with van der Waals surface area (Å²) in [5.74, 6) is 0.633. The maximum absolute atomic E-state index is 13.8. The highest BCUT2D eigenvalue weighted by Crippen LogP contribution is 2.40. The summed E-state index contributed by atoms with van der Waals surface area (Å²) >= 11 is 0. The van der Waals surface area contributed by atoms with Crippen molar-refractivity contribution in [3.8, 4) is 40.1 Å². The van der Waals surface area contributed by atoms with E-state index in [0.29, 0.717) is 48.1 Å². The molecule has 0 amide bonds. The van der Waals surface area contributed by atoms with Gasteiger partial charge in [-0.2, -0.15) is 0 Å². The van der Waals surface area contributed by atoms with Crippen LogP contribution in [-0.4, -0.2) is 60.5 Å². The number of aliphatic hydroxyl groups is 2. The van der Waals surface area contributed by atoms with Gasteiger partial charge in [-0.3, -0.25) is 4.79 Å². The van der Waals surface area contributed by atoms with Gasteiger partial charge in [0.15, 0.2) is 5.76 Å². The van der Waals surface area contributed by atoms with Crippen molar-refractivity contribution in [2.75, 3.05) is 11.5 Å². The molecule has 2 heterocycles. The van der Waals surface area contributed by atoms with Crippen LogP contribution in [-0.2, 0) is 12.8 Å². The number of fused-ring (bicyclic) bond motifs is 1. The molecule has 6 N–H and O–H groups in total. The van der Waals surface area contributed by atoms with E-state index in [1.807, 2.05) is 19.9 Å². The Morgan fingerprint density at radius 1 is 0.913 bits per heavy atom. The van der Waals surface area contributed by atoms with Gasteiger partial charge in [0.05, 0.1) is 12.2 Å². The van der Waals surface area contributed by atoms with Gasteiger partial charge in [0, 0.05) is 35.6 Å². The Balaban J connectivity index is 1.58. The van der Waals surface area contributed by atoms with E-state index in [0.717, 1.165) is 17.7 Å². The summed E-state index contributed by atoms with van der Waals surface area (Å²) in [6.07, 6.45) is 0.426. The highest BCUT2D eigenvalue weighted by atomic mass is 33.1. The second-order valence-electron chi connectivity index (χ2n) is 12.2. The molecule has 1 aromatic heterocycles. The molecule has 0 unspecified atom stereocenters. The van der Waals surface area contributed by atoms with Crippen LogP contribution in [0, 0.1) is 5.92 Å². The predicted octanol–water partition coefficient (Wildman–Crippen LogP) is 6.50. The summed E-state index contributed by atoms with van der Waals surface area (Å²) in [6, 6.07) is 12.5. The average molecular weight is 669 g/mol. The minimum Gasteiger partial charge on any atom is -0.508 e. The van der Waals surface area contributed by atoms with E-state index in [9.17, 15) is 35.4 Å². The Kier molecular flexibility index (Phi) is 11.0. The van der Waals surface area contributed by atoms with E-state index in [2.05, 4.69) is 0 Å². The van der Waals surface area contributed by atoms with Crippen molar-refractivity contribution < 1.29 is 39.8 Å². The molecule has 46 heavy (non-hydrogen) atoms. The molecule has 0 spiro atoms. The van der Waals surface area contributed by atoms with Crippen LogP contribution in [0.2, 0.25) is 0 Å². The molecule has 4 aromatic rings. The van der Waals surface area contributed by atoms with E-state index in [4.69, 9.17) is 9.15 Å². The number of benzene rings is 3. The van der Waals surface area contributed by atoms with Crippen LogP contribution in [0.5, 0.6) is 28.7 Å². The lowest BCUT2D eigenvalue weighted by Crippen LogP contribution is -2.33. The van der Waals surface area contributed by atoms with Crippen molar-refractivity contribution >= 4 is 32.6 Å². The van der Waals surface area contributed by atoms with Gasteiger partial charge in [0.2, 0.25) is 11.2 Å². The molecular formula is C35H40O9S2. The number of hydrogen-bond donors (Lipinski definition) is 6. The van der Waals surface area contributed by atoms with E-state index in [1.54, 1.807) is 51.9 Å². The number of aromatic hydroxyl groups is 4. The van der Waals surface area contributed by atoms with E-state index in [-0.39, 0.29) is 52.1 Å². The van der Waals surface area contributed by atoms with Crippen LogP contribution in [0.25, 0.3) is 22.3 Å². The maximum atomic E-state index is 13.8. The molecule has 246 valence electrons. The molecule has 0 saturated carbocycles. The lowest BCUT2D eigenvalue weighted by Gasteiger charge is -2.25. The van der Waals surface area contributed by atoms with Gasteiger partial charge in [-0.05, 0) is 79.0 Å². The van der Waals surface area contributed by atoms with Gasteiger partial charge >= 0.3 is 0 Å². The molecule has 3 aromatic carbocycles. The zero-order chi connectivity index (χ0) is 33.0. The molecular weight excluding hydrogens is 629 g/mol. The standard InChI is InChI=1S/C35H40O9S2/c1-19(2)11-21-14-23(15-22(32(21)40)12-20-5-3-6-24(36)13-20)35-34(42)33(41)31-29(16-26(38)17-30(31)44-35)43-28-9-8-25(37)18-46-45-10-4-7-27(28)39/h3,5-6,13-17,19,25,27-28,36-40,42H,4,7-12,18H2,1-2H3/t25-,27-,28-/m1/s1. The molecule has 1 aliphatic heterocycles. The van der Waals surface area contributed by atoms with Crippen LogP contribution < -0.4 is 10.2 Å². The SMILES string of the molecule is CC(C)Cc1cc(-c2oc3cc(O)cc(O[C@@H]4CC[C@@H](O)CSSCCC[C@H]4O)c3c(=O)c2O)cc(Cc2cccc(O)c2)c1O. The van der Waals surface area contributed by atoms with Gasteiger partial charge in [0.1, 0.15) is 40.1 Å². The van der Waals surface area contributed by atoms with Crippen LogP contribution in [0.15, 0.2) is 57.7 Å². The average Bonchev–Trinajstić information content (AvgIpc) is 3.03. The molecule has 0 aliphatic carbocycles. The third-order valence-electron chi connectivity index (χ3n) is 7.95. The largest absolute Gasteiger partial charge is 0.508 e. The Morgan fingerprint density at radius 2 is 1.70 bits per heavy atom. The fourth-order valence-electron chi connectivity index (χ4n) is 5.71. The van der Waals surface area contributed by atoms with Gasteiger partial charge in [0.25, 0.3) is 0 Å². The highest BCUT2D eigenvalue weighted by molar-refractivity contribution is 8.76.